The summed E-state index contributed by atoms with van der Waals surface area (Å²) in [7, 11) is -6.62. The largest absolute Gasteiger partial charge is 0.224 e. The van der Waals surface area contributed by atoms with Gasteiger partial charge in [-0.15, -0.1) is 0 Å². The molecule has 1 aliphatic carbocycles. The summed E-state index contributed by atoms with van der Waals surface area (Å²) < 4.78 is 49.0. The van der Waals surface area contributed by atoms with Gasteiger partial charge in [-0.1, -0.05) is 27.7 Å². The molecule has 0 radical (unpaired) electrons. The van der Waals surface area contributed by atoms with Gasteiger partial charge in [0, 0.05) is 0 Å². The Bertz CT molecular complexity index is 604. The molecule has 116 valence electrons. The van der Waals surface area contributed by atoms with Crippen molar-refractivity contribution >= 4 is 19.7 Å². The predicted octanol–water partition coefficient (Wildman–Crippen LogP) is 2.69. The van der Waals surface area contributed by atoms with Crippen molar-refractivity contribution < 1.29 is 16.8 Å². The van der Waals surface area contributed by atoms with Gasteiger partial charge in [0.1, 0.15) is 0 Å². The summed E-state index contributed by atoms with van der Waals surface area (Å²) in [4.78, 5) is 0.806. The quantitative estimate of drug-likeness (QED) is 0.798. The molecule has 0 heterocycles. The van der Waals surface area contributed by atoms with Crippen molar-refractivity contribution in [3.05, 3.63) is 21.0 Å². The van der Waals surface area contributed by atoms with E-state index in [0.717, 1.165) is 0 Å². The molecule has 20 heavy (non-hydrogen) atoms. The fourth-order valence-electron chi connectivity index (χ4n) is 2.85. The standard InChI is InChI=1S/C14H24O4S2/c1-7-19(15,16)13-9(3)11(5)14(12(6)10(13)4)20(17,18)8-2/h9,11H,7-8H2,1-6H3/t9-,11+. The molecule has 0 saturated heterocycles. The van der Waals surface area contributed by atoms with E-state index in [-0.39, 0.29) is 23.3 Å². The Morgan fingerprint density at radius 3 is 1.20 bits per heavy atom. The van der Waals surface area contributed by atoms with Gasteiger partial charge in [-0.3, -0.25) is 0 Å². The second-order valence-electron chi connectivity index (χ2n) is 5.36. The summed E-state index contributed by atoms with van der Waals surface area (Å²) >= 11 is 0. The molecule has 0 bridgehead atoms. The maximum atomic E-state index is 12.3. The fraction of sp³-hybridized carbons (Fsp3) is 0.714. The number of sulfone groups is 2. The molecule has 0 spiro atoms. The van der Waals surface area contributed by atoms with Gasteiger partial charge in [-0.25, -0.2) is 16.8 Å². The Hall–Kier alpha value is -0.620. The first-order valence-electron chi connectivity index (χ1n) is 6.88. The summed E-state index contributed by atoms with van der Waals surface area (Å²) in [5.74, 6) is -0.528. The van der Waals surface area contributed by atoms with E-state index in [1.807, 2.05) is 0 Å². The monoisotopic (exact) mass is 320 g/mol. The average molecular weight is 320 g/mol. The second-order valence-corrected chi connectivity index (χ2v) is 9.86. The molecule has 0 aromatic heterocycles. The van der Waals surface area contributed by atoms with Crippen LogP contribution in [0.15, 0.2) is 21.0 Å². The molecule has 0 saturated carbocycles. The van der Waals surface area contributed by atoms with Crippen LogP contribution < -0.4 is 0 Å². The third kappa shape index (κ3) is 2.72. The van der Waals surface area contributed by atoms with E-state index in [1.165, 1.54) is 0 Å². The fourth-order valence-corrected chi connectivity index (χ4v) is 6.25. The van der Waals surface area contributed by atoms with E-state index >= 15 is 0 Å². The molecule has 2 atom stereocenters. The van der Waals surface area contributed by atoms with Gasteiger partial charge < -0.3 is 0 Å². The maximum absolute atomic E-state index is 12.3. The van der Waals surface area contributed by atoms with Crippen LogP contribution in [0, 0.1) is 11.8 Å². The zero-order chi connectivity index (χ0) is 15.9. The molecule has 0 fully saturated rings. The van der Waals surface area contributed by atoms with Gasteiger partial charge in [0.05, 0.1) is 21.3 Å². The molecule has 0 amide bonds. The highest BCUT2D eigenvalue weighted by Crippen LogP contribution is 2.43. The Balaban J connectivity index is 3.71. The van der Waals surface area contributed by atoms with Crippen LogP contribution in [-0.4, -0.2) is 28.3 Å². The lowest BCUT2D eigenvalue weighted by Crippen LogP contribution is -2.29. The lowest BCUT2D eigenvalue weighted by molar-refractivity contribution is 0.501. The Morgan fingerprint density at radius 1 is 0.750 bits per heavy atom. The van der Waals surface area contributed by atoms with Gasteiger partial charge >= 0.3 is 0 Å². The molecule has 0 aromatic carbocycles. The zero-order valence-electron chi connectivity index (χ0n) is 13.0. The van der Waals surface area contributed by atoms with Gasteiger partial charge in [0.25, 0.3) is 0 Å². The highest BCUT2D eigenvalue weighted by molar-refractivity contribution is 7.95. The van der Waals surface area contributed by atoms with E-state index in [9.17, 15) is 16.8 Å². The lowest BCUT2D eigenvalue weighted by Gasteiger charge is -2.32. The summed E-state index contributed by atoms with van der Waals surface area (Å²) in [5.41, 5.74) is 1.20. The Labute approximate surface area is 122 Å². The van der Waals surface area contributed by atoms with Crippen molar-refractivity contribution in [2.45, 2.75) is 41.5 Å². The Kier molecular flexibility index (Phi) is 4.91. The van der Waals surface area contributed by atoms with E-state index in [1.54, 1.807) is 41.5 Å². The van der Waals surface area contributed by atoms with Crippen LogP contribution in [0.1, 0.15) is 41.5 Å². The van der Waals surface area contributed by atoms with Crippen molar-refractivity contribution in [3.63, 3.8) is 0 Å². The third-order valence-corrected chi connectivity index (χ3v) is 8.53. The molecule has 0 aromatic rings. The minimum Gasteiger partial charge on any atom is -0.224 e. The van der Waals surface area contributed by atoms with Crippen LogP contribution in [0.2, 0.25) is 0 Å². The predicted molar refractivity (Wildman–Crippen MR) is 82.6 cm³/mol. The first-order valence-corrected chi connectivity index (χ1v) is 10.2. The van der Waals surface area contributed by atoms with Crippen LogP contribution in [0.3, 0.4) is 0 Å². The highest BCUT2D eigenvalue weighted by atomic mass is 32.2. The summed E-state index contributed by atoms with van der Waals surface area (Å²) in [5, 5.41) is 0. The van der Waals surface area contributed by atoms with E-state index < -0.39 is 19.7 Å². The number of rotatable bonds is 4. The molecule has 1 rings (SSSR count). The van der Waals surface area contributed by atoms with E-state index in [2.05, 4.69) is 0 Å². The van der Waals surface area contributed by atoms with Crippen molar-refractivity contribution in [2.75, 3.05) is 11.5 Å². The average Bonchev–Trinajstić information content (AvgIpc) is 2.36. The van der Waals surface area contributed by atoms with Crippen molar-refractivity contribution in [3.8, 4) is 0 Å². The Morgan fingerprint density at radius 2 is 1.00 bits per heavy atom. The number of hydrogen-bond donors (Lipinski definition) is 0. The topological polar surface area (TPSA) is 68.3 Å². The first kappa shape index (κ1) is 17.4. The van der Waals surface area contributed by atoms with Gasteiger partial charge in [-0.2, -0.15) is 0 Å². The molecule has 0 aliphatic heterocycles. The maximum Gasteiger partial charge on any atom is 0.174 e. The first-order chi connectivity index (χ1) is 9.01. The van der Waals surface area contributed by atoms with E-state index in [4.69, 9.17) is 0 Å². The highest BCUT2D eigenvalue weighted by Gasteiger charge is 2.38. The van der Waals surface area contributed by atoms with E-state index in [0.29, 0.717) is 21.0 Å². The van der Waals surface area contributed by atoms with Crippen molar-refractivity contribution in [2.24, 2.45) is 11.8 Å². The minimum atomic E-state index is -3.31. The minimum absolute atomic E-state index is 0.0415. The molecule has 6 heteroatoms. The smallest absolute Gasteiger partial charge is 0.174 e. The normalized spacial score (nSPS) is 25.3. The third-order valence-electron chi connectivity index (χ3n) is 4.31. The van der Waals surface area contributed by atoms with Crippen molar-refractivity contribution in [1.29, 1.82) is 0 Å². The SMILES string of the molecule is CCS(=O)(=O)C1=C(C)C(C)=C(S(=O)(=O)CC)[C@H](C)[C@@H]1C. The molecule has 4 nitrogen and oxygen atoms in total. The molecule has 1 aliphatic rings. The molecular weight excluding hydrogens is 296 g/mol. The van der Waals surface area contributed by atoms with Gasteiger partial charge in [0.15, 0.2) is 19.7 Å². The number of allylic oxidation sites excluding steroid dienone is 4. The molecular formula is C14H24O4S2. The lowest BCUT2D eigenvalue weighted by atomic mass is 9.84. The van der Waals surface area contributed by atoms with Crippen LogP contribution >= 0.6 is 0 Å². The van der Waals surface area contributed by atoms with Crippen LogP contribution in [-0.2, 0) is 19.7 Å². The van der Waals surface area contributed by atoms with Gasteiger partial charge in [-0.05, 0) is 36.8 Å². The second kappa shape index (κ2) is 5.64. The van der Waals surface area contributed by atoms with Crippen molar-refractivity contribution in [1.82, 2.24) is 0 Å². The zero-order valence-corrected chi connectivity index (χ0v) is 14.7. The number of hydrogen-bond acceptors (Lipinski definition) is 4. The molecule has 0 unspecified atom stereocenters. The summed E-state index contributed by atoms with van der Waals surface area (Å²) in [6, 6.07) is 0. The van der Waals surface area contributed by atoms with Crippen LogP contribution in [0.4, 0.5) is 0 Å². The van der Waals surface area contributed by atoms with Gasteiger partial charge in [0.2, 0.25) is 0 Å². The summed E-state index contributed by atoms with van der Waals surface area (Å²) in [6.07, 6.45) is 0. The van der Waals surface area contributed by atoms with Crippen LogP contribution in [0.5, 0.6) is 0 Å². The summed E-state index contributed by atoms with van der Waals surface area (Å²) in [6.45, 7) is 10.3. The van der Waals surface area contributed by atoms with Crippen LogP contribution in [0.25, 0.3) is 0 Å². The molecule has 0 N–H and O–H groups in total.